The lowest BCUT2D eigenvalue weighted by Crippen LogP contribution is -2.37. The summed E-state index contributed by atoms with van der Waals surface area (Å²) in [6.07, 6.45) is 1.38. The standard InChI is InChI=1S/C20H24FN3O3S/c1-12-8-13(2)19(14(3)9-12)23-18(25)11-24(4)20(26)22-15-6-7-17(28(5)27)16(21)10-15/h6-10H,11H2,1-5H3,(H,22,26)(H,23,25). The predicted octanol–water partition coefficient (Wildman–Crippen LogP) is 3.59. The van der Waals surface area contributed by atoms with E-state index in [2.05, 4.69) is 10.6 Å². The van der Waals surface area contributed by atoms with Crippen LogP contribution in [0.2, 0.25) is 0 Å². The van der Waals surface area contributed by atoms with Gasteiger partial charge in [0, 0.05) is 24.7 Å². The van der Waals surface area contributed by atoms with Crippen LogP contribution in [0.5, 0.6) is 0 Å². The fourth-order valence-electron chi connectivity index (χ4n) is 2.87. The Balaban J connectivity index is 1.99. The van der Waals surface area contributed by atoms with Crippen LogP contribution in [-0.2, 0) is 15.6 Å². The third-order valence-electron chi connectivity index (χ3n) is 4.16. The molecule has 0 saturated heterocycles. The average Bonchev–Trinajstić information content (AvgIpc) is 2.57. The molecule has 28 heavy (non-hydrogen) atoms. The van der Waals surface area contributed by atoms with Crippen LogP contribution in [0.1, 0.15) is 16.7 Å². The number of halogens is 1. The van der Waals surface area contributed by atoms with Crippen molar-refractivity contribution in [3.8, 4) is 0 Å². The molecule has 1 unspecified atom stereocenters. The molecular formula is C20H24FN3O3S. The Morgan fingerprint density at radius 2 is 1.68 bits per heavy atom. The zero-order valence-corrected chi connectivity index (χ0v) is 17.4. The minimum atomic E-state index is -1.45. The molecule has 2 rings (SSSR count). The van der Waals surface area contributed by atoms with Crippen LogP contribution in [0, 0.1) is 26.6 Å². The molecular weight excluding hydrogens is 381 g/mol. The van der Waals surface area contributed by atoms with Gasteiger partial charge in [-0.3, -0.25) is 9.00 Å². The van der Waals surface area contributed by atoms with Gasteiger partial charge in [-0.1, -0.05) is 17.7 Å². The number of likely N-dealkylation sites (N-methyl/N-ethyl adjacent to an activating group) is 1. The lowest BCUT2D eigenvalue weighted by Gasteiger charge is -2.19. The van der Waals surface area contributed by atoms with Crippen molar-refractivity contribution in [1.29, 1.82) is 0 Å². The molecule has 6 nitrogen and oxygen atoms in total. The fraction of sp³-hybridized carbons (Fsp3) is 0.300. The van der Waals surface area contributed by atoms with Crippen molar-refractivity contribution in [1.82, 2.24) is 4.90 Å². The van der Waals surface area contributed by atoms with Crippen molar-refractivity contribution in [2.24, 2.45) is 0 Å². The van der Waals surface area contributed by atoms with E-state index in [1.165, 1.54) is 30.3 Å². The van der Waals surface area contributed by atoms with E-state index in [1.807, 2.05) is 32.9 Å². The Hall–Kier alpha value is -2.74. The Kier molecular flexibility index (Phi) is 6.90. The maximum Gasteiger partial charge on any atom is 0.322 e. The summed E-state index contributed by atoms with van der Waals surface area (Å²) in [5, 5.41) is 5.35. The number of nitrogens with one attached hydrogen (secondary N) is 2. The molecule has 0 aliphatic heterocycles. The lowest BCUT2D eigenvalue weighted by molar-refractivity contribution is -0.116. The molecule has 1 atom stereocenters. The van der Waals surface area contributed by atoms with Gasteiger partial charge in [0.25, 0.3) is 0 Å². The monoisotopic (exact) mass is 405 g/mol. The summed E-state index contributed by atoms with van der Waals surface area (Å²) in [4.78, 5) is 25.8. The van der Waals surface area contributed by atoms with Gasteiger partial charge in [-0.05, 0) is 50.1 Å². The topological polar surface area (TPSA) is 78.5 Å². The number of carbonyl (C=O) groups excluding carboxylic acids is 2. The van der Waals surface area contributed by atoms with Crippen molar-refractivity contribution >= 4 is 34.1 Å². The normalized spacial score (nSPS) is 11.6. The van der Waals surface area contributed by atoms with Crippen molar-refractivity contribution in [3.63, 3.8) is 0 Å². The smallest absolute Gasteiger partial charge is 0.322 e. The Bertz CT molecular complexity index is 923. The first-order valence-electron chi connectivity index (χ1n) is 8.61. The molecule has 2 aromatic carbocycles. The minimum Gasteiger partial charge on any atom is -0.324 e. The van der Waals surface area contributed by atoms with E-state index < -0.39 is 22.6 Å². The Morgan fingerprint density at radius 1 is 1.07 bits per heavy atom. The first-order valence-corrected chi connectivity index (χ1v) is 10.2. The van der Waals surface area contributed by atoms with Gasteiger partial charge in [0.15, 0.2) is 0 Å². The molecule has 3 amide bonds. The van der Waals surface area contributed by atoms with Crippen molar-refractivity contribution in [3.05, 3.63) is 52.8 Å². The quantitative estimate of drug-likeness (QED) is 0.798. The third-order valence-corrected chi connectivity index (χ3v) is 5.11. The largest absolute Gasteiger partial charge is 0.324 e. The molecule has 0 aromatic heterocycles. The van der Waals surface area contributed by atoms with E-state index in [-0.39, 0.29) is 23.0 Å². The van der Waals surface area contributed by atoms with E-state index >= 15 is 0 Å². The summed E-state index contributed by atoms with van der Waals surface area (Å²) in [5.41, 5.74) is 3.95. The molecule has 8 heteroatoms. The predicted molar refractivity (Wildman–Crippen MR) is 110 cm³/mol. The van der Waals surface area contributed by atoms with Crippen LogP contribution < -0.4 is 10.6 Å². The van der Waals surface area contributed by atoms with Crippen LogP contribution >= 0.6 is 0 Å². The lowest BCUT2D eigenvalue weighted by atomic mass is 10.1. The van der Waals surface area contributed by atoms with Crippen LogP contribution in [0.3, 0.4) is 0 Å². The zero-order chi connectivity index (χ0) is 21.0. The second-order valence-corrected chi connectivity index (χ2v) is 8.06. The van der Waals surface area contributed by atoms with Crippen LogP contribution in [0.25, 0.3) is 0 Å². The highest BCUT2D eigenvalue weighted by Crippen LogP contribution is 2.22. The summed E-state index contributed by atoms with van der Waals surface area (Å²) in [6, 6.07) is 7.31. The zero-order valence-electron chi connectivity index (χ0n) is 16.6. The van der Waals surface area contributed by atoms with Gasteiger partial charge in [0.2, 0.25) is 5.91 Å². The molecule has 0 saturated carbocycles. The number of hydrogen-bond donors (Lipinski definition) is 2. The van der Waals surface area contributed by atoms with E-state index in [4.69, 9.17) is 0 Å². The SMILES string of the molecule is Cc1cc(C)c(NC(=O)CN(C)C(=O)Nc2ccc(S(C)=O)c(F)c2)c(C)c1. The van der Waals surface area contributed by atoms with Gasteiger partial charge in [0.05, 0.1) is 15.7 Å². The summed E-state index contributed by atoms with van der Waals surface area (Å²) in [7, 11) is 0.0136. The molecule has 2 aromatic rings. The number of benzene rings is 2. The number of nitrogens with zero attached hydrogens (tertiary/aromatic N) is 1. The van der Waals surface area contributed by atoms with E-state index in [0.717, 1.165) is 28.4 Å². The van der Waals surface area contributed by atoms with Gasteiger partial charge in [-0.15, -0.1) is 0 Å². The summed E-state index contributed by atoms with van der Waals surface area (Å²) in [5.74, 6) is -1.00. The number of rotatable bonds is 5. The number of anilines is 2. The number of hydrogen-bond acceptors (Lipinski definition) is 3. The molecule has 0 aliphatic carbocycles. The van der Waals surface area contributed by atoms with Crippen molar-refractivity contribution in [2.45, 2.75) is 25.7 Å². The highest BCUT2D eigenvalue weighted by Gasteiger charge is 2.16. The fourth-order valence-corrected chi connectivity index (χ4v) is 3.47. The first-order chi connectivity index (χ1) is 13.1. The summed E-state index contributed by atoms with van der Waals surface area (Å²) < 4.78 is 25.3. The molecule has 0 spiro atoms. The Labute approximate surface area is 166 Å². The van der Waals surface area contributed by atoms with Crippen LogP contribution in [0.4, 0.5) is 20.6 Å². The van der Waals surface area contributed by atoms with Gasteiger partial charge in [-0.2, -0.15) is 0 Å². The van der Waals surface area contributed by atoms with Gasteiger partial charge in [-0.25, -0.2) is 9.18 Å². The van der Waals surface area contributed by atoms with Gasteiger partial charge >= 0.3 is 6.03 Å². The van der Waals surface area contributed by atoms with Gasteiger partial charge < -0.3 is 15.5 Å². The minimum absolute atomic E-state index is 0.0644. The third kappa shape index (κ3) is 5.39. The second kappa shape index (κ2) is 8.97. The van der Waals surface area contributed by atoms with Crippen LogP contribution in [-0.4, -0.2) is 40.9 Å². The number of amides is 3. The van der Waals surface area contributed by atoms with Crippen molar-refractivity contribution in [2.75, 3.05) is 30.5 Å². The molecule has 0 bridgehead atoms. The summed E-state index contributed by atoms with van der Waals surface area (Å²) in [6.45, 7) is 5.64. The number of aryl methyl sites for hydroxylation is 3. The Morgan fingerprint density at radius 3 is 2.21 bits per heavy atom. The molecule has 0 aliphatic rings. The summed E-state index contributed by atoms with van der Waals surface area (Å²) >= 11 is 0. The highest BCUT2D eigenvalue weighted by molar-refractivity contribution is 7.84. The molecule has 0 heterocycles. The number of urea groups is 1. The molecule has 0 fully saturated rings. The second-order valence-electron chi connectivity index (χ2n) is 6.71. The van der Waals surface area contributed by atoms with E-state index in [9.17, 15) is 18.2 Å². The molecule has 0 radical (unpaired) electrons. The first kappa shape index (κ1) is 21.6. The van der Waals surface area contributed by atoms with Gasteiger partial charge in [0.1, 0.15) is 12.4 Å². The number of carbonyl (C=O) groups is 2. The van der Waals surface area contributed by atoms with E-state index in [0.29, 0.717) is 0 Å². The van der Waals surface area contributed by atoms with Crippen molar-refractivity contribution < 1.29 is 18.2 Å². The average molecular weight is 405 g/mol. The van der Waals surface area contributed by atoms with Crippen LogP contribution in [0.15, 0.2) is 35.2 Å². The maximum atomic E-state index is 13.9. The highest BCUT2D eigenvalue weighted by atomic mass is 32.2. The van der Waals surface area contributed by atoms with E-state index in [1.54, 1.807) is 0 Å². The maximum absolute atomic E-state index is 13.9. The molecule has 2 N–H and O–H groups in total. The molecule has 150 valence electrons.